The van der Waals surface area contributed by atoms with Gasteiger partial charge in [-0.05, 0) is 0 Å². The summed E-state index contributed by atoms with van der Waals surface area (Å²) in [6.45, 7) is 1.44. The van der Waals surface area contributed by atoms with Gasteiger partial charge in [-0.1, -0.05) is 0 Å². The number of fused-ring (bicyclic) bond motifs is 1. The van der Waals surface area contributed by atoms with E-state index < -0.39 is 6.03 Å². The molecule has 2 amide bonds. The largest absolute Gasteiger partial charge is 0.351 e. The zero-order valence-corrected chi connectivity index (χ0v) is 7.45. The summed E-state index contributed by atoms with van der Waals surface area (Å²) in [4.78, 5) is 10.5. The summed E-state index contributed by atoms with van der Waals surface area (Å²) in [5.74, 6) is 1.19. The van der Waals surface area contributed by atoms with E-state index in [0.29, 0.717) is 5.82 Å². The number of amides is 2. The maximum atomic E-state index is 10.5. The zero-order chi connectivity index (χ0) is 9.42. The number of anilines is 2. The molecular formula is C6H8ClN5O. The van der Waals surface area contributed by atoms with Crippen LogP contribution in [0.2, 0.25) is 0 Å². The molecule has 70 valence electrons. The van der Waals surface area contributed by atoms with Crippen molar-refractivity contribution < 1.29 is 4.79 Å². The minimum atomic E-state index is -0.627. The summed E-state index contributed by atoms with van der Waals surface area (Å²) in [6.07, 6.45) is 0. The molecule has 1 aromatic heterocycles. The van der Waals surface area contributed by atoms with E-state index in [9.17, 15) is 4.79 Å². The van der Waals surface area contributed by atoms with Gasteiger partial charge in [0, 0.05) is 17.8 Å². The highest BCUT2D eigenvalue weighted by Crippen LogP contribution is 2.25. The molecule has 6 nitrogen and oxygen atoms in total. The summed E-state index contributed by atoms with van der Waals surface area (Å²) in [5.41, 5.74) is 4.93. The Hall–Kier alpha value is -1.43. The third-order valence-electron chi connectivity index (χ3n) is 1.77. The topological polar surface area (TPSA) is 76.2 Å². The molecular weight excluding hydrogens is 194 g/mol. The maximum absolute atomic E-state index is 10.5. The molecule has 2 heterocycles. The SMILES string of the molecule is NC(=O)Nc1cc2n(n1)CCN2Cl. The molecule has 1 aromatic rings. The molecule has 1 aliphatic rings. The normalized spacial score (nSPS) is 14.4. The van der Waals surface area contributed by atoms with Crippen molar-refractivity contribution in [1.82, 2.24) is 9.78 Å². The Kier molecular flexibility index (Phi) is 1.77. The third kappa shape index (κ3) is 1.40. The number of urea groups is 1. The molecule has 0 radical (unpaired) electrons. The van der Waals surface area contributed by atoms with E-state index in [1.165, 1.54) is 0 Å². The van der Waals surface area contributed by atoms with E-state index in [2.05, 4.69) is 10.4 Å². The lowest BCUT2D eigenvalue weighted by atomic mass is 10.6. The fourth-order valence-electron chi connectivity index (χ4n) is 1.25. The number of nitrogens with one attached hydrogen (secondary N) is 1. The van der Waals surface area contributed by atoms with Crippen molar-refractivity contribution in [2.75, 3.05) is 16.3 Å². The molecule has 0 fully saturated rings. The highest BCUT2D eigenvalue weighted by Gasteiger charge is 2.20. The highest BCUT2D eigenvalue weighted by atomic mass is 35.5. The Bertz CT molecular complexity index is 349. The molecule has 0 saturated heterocycles. The number of carbonyl (C=O) groups excluding carboxylic acids is 1. The van der Waals surface area contributed by atoms with Gasteiger partial charge in [-0.3, -0.25) is 9.74 Å². The number of hydrogen-bond acceptors (Lipinski definition) is 3. The summed E-state index contributed by atoms with van der Waals surface area (Å²) in [5, 5.41) is 6.44. The second-order valence-electron chi connectivity index (χ2n) is 2.69. The fraction of sp³-hybridized carbons (Fsp3) is 0.333. The van der Waals surface area contributed by atoms with Gasteiger partial charge in [-0.25, -0.2) is 9.48 Å². The number of nitrogens with zero attached hydrogens (tertiary/aromatic N) is 3. The number of halogens is 1. The van der Waals surface area contributed by atoms with Crippen molar-refractivity contribution in [2.24, 2.45) is 5.73 Å². The van der Waals surface area contributed by atoms with Crippen LogP contribution >= 0.6 is 11.8 Å². The first kappa shape index (κ1) is 8.18. The van der Waals surface area contributed by atoms with E-state index in [0.717, 1.165) is 18.9 Å². The average molecular weight is 202 g/mol. The lowest BCUT2D eigenvalue weighted by Gasteiger charge is -2.01. The van der Waals surface area contributed by atoms with Gasteiger partial charge >= 0.3 is 6.03 Å². The zero-order valence-electron chi connectivity index (χ0n) is 6.70. The van der Waals surface area contributed by atoms with Gasteiger partial charge in [-0.2, -0.15) is 5.10 Å². The van der Waals surface area contributed by atoms with Crippen molar-refractivity contribution in [3.8, 4) is 0 Å². The van der Waals surface area contributed by atoms with Crippen molar-refractivity contribution in [2.45, 2.75) is 6.54 Å². The predicted molar refractivity (Wildman–Crippen MR) is 48.6 cm³/mol. The molecule has 0 spiro atoms. The molecule has 0 atom stereocenters. The van der Waals surface area contributed by atoms with Crippen molar-refractivity contribution in [3.63, 3.8) is 0 Å². The first-order chi connectivity index (χ1) is 6.16. The molecule has 0 unspecified atom stereocenters. The first-order valence-corrected chi connectivity index (χ1v) is 4.08. The van der Waals surface area contributed by atoms with Crippen LogP contribution in [0.25, 0.3) is 0 Å². The number of aromatic nitrogens is 2. The molecule has 3 N–H and O–H groups in total. The van der Waals surface area contributed by atoms with E-state index in [1.807, 2.05) is 0 Å². The van der Waals surface area contributed by atoms with Gasteiger partial charge in [0.2, 0.25) is 0 Å². The van der Waals surface area contributed by atoms with Gasteiger partial charge in [0.15, 0.2) is 5.82 Å². The Labute approximate surface area is 79.4 Å². The average Bonchev–Trinajstić information content (AvgIpc) is 2.53. The van der Waals surface area contributed by atoms with Crippen molar-refractivity contribution >= 4 is 29.4 Å². The second kappa shape index (κ2) is 2.81. The van der Waals surface area contributed by atoms with Crippen LogP contribution in [0, 0.1) is 0 Å². The standard InChI is InChI=1S/C6H8ClN5O/c7-11-1-2-12-5(11)3-4(10-12)9-6(8)13/h3H,1-2H2,(H3,8,9,10,13). The highest BCUT2D eigenvalue weighted by molar-refractivity contribution is 6.25. The number of primary amides is 1. The minimum Gasteiger partial charge on any atom is -0.351 e. The number of nitrogens with two attached hydrogens (primary N) is 1. The smallest absolute Gasteiger partial charge is 0.317 e. The minimum absolute atomic E-state index is 0.424. The Balaban J connectivity index is 2.23. The van der Waals surface area contributed by atoms with Crippen LogP contribution < -0.4 is 15.5 Å². The molecule has 13 heavy (non-hydrogen) atoms. The lowest BCUT2D eigenvalue weighted by Crippen LogP contribution is -2.19. The van der Waals surface area contributed by atoms with Crippen LogP contribution in [-0.2, 0) is 6.54 Å². The Morgan fingerprint density at radius 2 is 2.46 bits per heavy atom. The van der Waals surface area contributed by atoms with Crippen LogP contribution in [0.1, 0.15) is 0 Å². The molecule has 2 rings (SSSR count). The maximum Gasteiger partial charge on any atom is 0.317 e. The number of carbonyl (C=O) groups is 1. The van der Waals surface area contributed by atoms with E-state index in [4.69, 9.17) is 17.5 Å². The van der Waals surface area contributed by atoms with E-state index in [1.54, 1.807) is 15.2 Å². The monoisotopic (exact) mass is 201 g/mol. The number of rotatable bonds is 1. The molecule has 0 aromatic carbocycles. The van der Waals surface area contributed by atoms with Gasteiger partial charge in [-0.15, -0.1) is 0 Å². The lowest BCUT2D eigenvalue weighted by molar-refractivity contribution is 0.259. The van der Waals surface area contributed by atoms with Gasteiger partial charge in [0.1, 0.15) is 5.82 Å². The molecule has 0 aliphatic carbocycles. The van der Waals surface area contributed by atoms with E-state index >= 15 is 0 Å². The van der Waals surface area contributed by atoms with Gasteiger partial charge < -0.3 is 5.73 Å². The summed E-state index contributed by atoms with van der Waals surface area (Å²) in [6, 6.07) is 1.04. The molecule has 0 bridgehead atoms. The third-order valence-corrected chi connectivity index (χ3v) is 2.11. The molecule has 1 aliphatic heterocycles. The quantitative estimate of drug-likeness (QED) is 0.644. The van der Waals surface area contributed by atoms with Crippen molar-refractivity contribution in [3.05, 3.63) is 6.07 Å². The van der Waals surface area contributed by atoms with Crippen LogP contribution in [0.15, 0.2) is 6.07 Å². The Morgan fingerprint density at radius 3 is 3.08 bits per heavy atom. The summed E-state index contributed by atoms with van der Waals surface area (Å²) >= 11 is 5.82. The number of hydrogen-bond donors (Lipinski definition) is 2. The second-order valence-corrected chi connectivity index (χ2v) is 3.09. The van der Waals surface area contributed by atoms with Crippen LogP contribution in [0.3, 0.4) is 0 Å². The fourth-order valence-corrected chi connectivity index (χ4v) is 1.46. The van der Waals surface area contributed by atoms with Crippen molar-refractivity contribution in [1.29, 1.82) is 0 Å². The van der Waals surface area contributed by atoms with Gasteiger partial charge in [0.05, 0.1) is 13.1 Å². The Morgan fingerprint density at radius 1 is 1.69 bits per heavy atom. The summed E-state index contributed by atoms with van der Waals surface area (Å²) < 4.78 is 3.25. The van der Waals surface area contributed by atoms with E-state index in [-0.39, 0.29) is 0 Å². The first-order valence-electron chi connectivity index (χ1n) is 3.74. The predicted octanol–water partition coefficient (Wildman–Crippen LogP) is 0.348. The molecule has 0 saturated carbocycles. The van der Waals surface area contributed by atoms with Crippen LogP contribution in [0.5, 0.6) is 0 Å². The van der Waals surface area contributed by atoms with Gasteiger partial charge in [0.25, 0.3) is 0 Å². The van der Waals surface area contributed by atoms with Crippen LogP contribution in [0.4, 0.5) is 16.4 Å². The molecule has 7 heteroatoms. The van der Waals surface area contributed by atoms with Crippen LogP contribution in [-0.4, -0.2) is 22.4 Å². The summed E-state index contributed by atoms with van der Waals surface area (Å²) in [7, 11) is 0.